The number of allylic oxidation sites excluding steroid dienone is 1. The van der Waals surface area contributed by atoms with Gasteiger partial charge in [0.2, 0.25) is 0 Å². The number of hydrogen-bond donors (Lipinski definition) is 2. The van der Waals surface area contributed by atoms with Crippen molar-refractivity contribution in [2.24, 2.45) is 10.3 Å². The molecule has 1 aliphatic carbocycles. The fourth-order valence-electron chi connectivity index (χ4n) is 3.81. The van der Waals surface area contributed by atoms with Crippen LogP contribution in [-0.4, -0.2) is 44.7 Å². The molecule has 35 heavy (non-hydrogen) atoms. The Kier molecular flexibility index (Phi) is 9.68. The predicted molar refractivity (Wildman–Crippen MR) is 134 cm³/mol. The van der Waals surface area contributed by atoms with Crippen LogP contribution in [0.3, 0.4) is 0 Å². The van der Waals surface area contributed by atoms with Crippen molar-refractivity contribution in [3.63, 3.8) is 0 Å². The number of carbonyl (C=O) groups excluding carboxylic acids is 1. The fourth-order valence-corrected chi connectivity index (χ4v) is 3.81. The second-order valence-electron chi connectivity index (χ2n) is 7.90. The first-order valence-corrected chi connectivity index (χ1v) is 11.4. The van der Waals surface area contributed by atoms with Gasteiger partial charge in [-0.3, -0.25) is 15.1 Å². The van der Waals surface area contributed by atoms with Gasteiger partial charge in [-0.1, -0.05) is 41.2 Å². The predicted octanol–water partition coefficient (Wildman–Crippen LogP) is 3.69. The lowest BCUT2D eigenvalue weighted by atomic mass is 10.0. The zero-order valence-electron chi connectivity index (χ0n) is 20.4. The van der Waals surface area contributed by atoms with Gasteiger partial charge < -0.3 is 19.7 Å². The van der Waals surface area contributed by atoms with Crippen molar-refractivity contribution >= 4 is 17.3 Å². The number of amides is 1. The zero-order valence-corrected chi connectivity index (χ0v) is 20.4. The third-order valence-electron chi connectivity index (χ3n) is 5.52. The van der Waals surface area contributed by atoms with E-state index >= 15 is 0 Å². The van der Waals surface area contributed by atoms with E-state index in [9.17, 15) is 4.79 Å². The average Bonchev–Trinajstić information content (AvgIpc) is 3.39. The molecule has 9 heteroatoms. The van der Waals surface area contributed by atoms with Gasteiger partial charge in [0.1, 0.15) is 32.3 Å². The van der Waals surface area contributed by atoms with Crippen molar-refractivity contribution in [2.75, 3.05) is 21.3 Å². The summed E-state index contributed by atoms with van der Waals surface area (Å²) in [6.45, 7) is 4.16. The van der Waals surface area contributed by atoms with Crippen molar-refractivity contribution in [2.45, 2.75) is 38.4 Å². The topological polar surface area (TPSA) is 103 Å². The lowest BCUT2D eigenvalue weighted by molar-refractivity contribution is -0.114. The second-order valence-corrected chi connectivity index (χ2v) is 7.90. The average molecular weight is 481 g/mol. The first-order valence-electron chi connectivity index (χ1n) is 11.4. The molecule has 9 nitrogen and oxygen atoms in total. The Balaban J connectivity index is 1.65. The number of hydroxylamine groups is 1. The third kappa shape index (κ3) is 7.07. The molecule has 0 bridgehead atoms. The number of hydrogen-bond acceptors (Lipinski definition) is 8. The first-order chi connectivity index (χ1) is 17.1. The molecule has 0 saturated heterocycles. The lowest BCUT2D eigenvalue weighted by Gasteiger charge is -2.15. The van der Waals surface area contributed by atoms with Crippen molar-refractivity contribution in [3.8, 4) is 5.75 Å². The van der Waals surface area contributed by atoms with Crippen LogP contribution in [0, 0.1) is 0 Å². The highest BCUT2D eigenvalue weighted by Gasteiger charge is 2.19. The van der Waals surface area contributed by atoms with Gasteiger partial charge in [-0.2, -0.15) is 0 Å². The Morgan fingerprint density at radius 2 is 1.66 bits per heavy atom. The highest BCUT2D eigenvalue weighted by Crippen LogP contribution is 2.24. The van der Waals surface area contributed by atoms with Crippen molar-refractivity contribution in [3.05, 3.63) is 77.5 Å². The van der Waals surface area contributed by atoms with Crippen LogP contribution in [0.15, 0.2) is 71.1 Å². The number of nitrogens with one attached hydrogen (secondary N) is 2. The summed E-state index contributed by atoms with van der Waals surface area (Å²) >= 11 is 0. The summed E-state index contributed by atoms with van der Waals surface area (Å²) < 4.78 is 6.04. The van der Waals surface area contributed by atoms with E-state index in [1.807, 2.05) is 42.5 Å². The van der Waals surface area contributed by atoms with E-state index in [1.165, 1.54) is 34.1 Å². The van der Waals surface area contributed by atoms with E-state index in [1.54, 1.807) is 6.07 Å². The number of rotatable bonds is 12. The maximum atomic E-state index is 12.2. The van der Waals surface area contributed by atoms with Crippen molar-refractivity contribution < 1.29 is 24.0 Å². The molecule has 2 aromatic carbocycles. The summed E-state index contributed by atoms with van der Waals surface area (Å²) in [7, 11) is 4.39. The molecular formula is C26H32N4O5. The Bertz CT molecular complexity index is 1060. The molecule has 0 spiro atoms. The molecule has 0 heterocycles. The molecule has 0 aromatic heterocycles. The van der Waals surface area contributed by atoms with Crippen LogP contribution in [0.1, 0.15) is 42.4 Å². The summed E-state index contributed by atoms with van der Waals surface area (Å²) in [6, 6.07) is 14.9. The van der Waals surface area contributed by atoms with Gasteiger partial charge in [0.05, 0.1) is 11.8 Å². The third-order valence-corrected chi connectivity index (χ3v) is 5.52. The van der Waals surface area contributed by atoms with Crippen LogP contribution in [0.5, 0.6) is 5.75 Å². The number of nitrogens with zero attached hydrogens (tertiary/aromatic N) is 2. The summed E-state index contributed by atoms with van der Waals surface area (Å²) in [5.41, 5.74) is 5.97. The summed E-state index contributed by atoms with van der Waals surface area (Å²) in [5, 5.41) is 10.5. The lowest BCUT2D eigenvalue weighted by Crippen LogP contribution is -2.29. The van der Waals surface area contributed by atoms with Gasteiger partial charge in [0, 0.05) is 18.2 Å². The normalized spacial score (nSPS) is 14.4. The first kappa shape index (κ1) is 25.8. The Hall–Kier alpha value is -3.85. The van der Waals surface area contributed by atoms with Crippen LogP contribution in [0.4, 0.5) is 0 Å². The summed E-state index contributed by atoms with van der Waals surface area (Å²) in [5.74, 6) is 0.458. The zero-order chi connectivity index (χ0) is 25.0. The largest absolute Gasteiger partial charge is 0.490 e. The minimum absolute atomic E-state index is 0.128. The smallest absolute Gasteiger partial charge is 0.273 e. The van der Waals surface area contributed by atoms with E-state index < -0.39 is 0 Å². The molecule has 0 unspecified atom stereocenters. The molecule has 186 valence electrons. The van der Waals surface area contributed by atoms with Gasteiger partial charge in [-0.25, -0.2) is 0 Å². The minimum atomic E-state index is -0.369. The molecule has 1 saturated carbocycles. The Morgan fingerprint density at radius 3 is 2.31 bits per heavy atom. The number of ether oxygens (including phenoxy) is 1. The molecule has 1 aliphatic rings. The number of carbonyl (C=O) groups is 1. The van der Waals surface area contributed by atoms with Crippen molar-refractivity contribution in [1.82, 2.24) is 10.8 Å². The van der Waals surface area contributed by atoms with Crippen LogP contribution >= 0.6 is 0 Å². The monoisotopic (exact) mass is 480 g/mol. The van der Waals surface area contributed by atoms with E-state index in [0.29, 0.717) is 23.1 Å². The van der Waals surface area contributed by atoms with Gasteiger partial charge in [0.15, 0.2) is 5.71 Å². The van der Waals surface area contributed by atoms with Crippen molar-refractivity contribution in [1.29, 1.82) is 0 Å². The molecule has 1 amide bonds. The van der Waals surface area contributed by atoms with Gasteiger partial charge in [-0.15, -0.1) is 0 Å². The number of oxime groups is 2. The molecular weight excluding hydrogens is 448 g/mol. The van der Waals surface area contributed by atoms with Crippen LogP contribution < -0.4 is 15.5 Å². The molecule has 3 rings (SSSR count). The molecule has 2 N–H and O–H groups in total. The standard InChI is InChI=1S/C26H32N4O5/c1-18(24(29-32-3)19-13-15-22(16-14-19)35-21-10-6-7-11-21)28-34-17-20-9-5-8-12-23(20)25(30-33-4)26(31)27-2/h5,8-9,12-16,21,28H,1,6-7,10-11,17H2,2-4H3,(H,27,31). The minimum Gasteiger partial charge on any atom is -0.490 e. The fraction of sp³-hybridized carbons (Fsp3) is 0.346. The molecule has 0 aliphatic heterocycles. The van der Waals surface area contributed by atoms with E-state index in [-0.39, 0.29) is 18.2 Å². The molecule has 0 atom stereocenters. The van der Waals surface area contributed by atoms with E-state index in [0.717, 1.165) is 29.7 Å². The van der Waals surface area contributed by atoms with E-state index in [2.05, 4.69) is 27.7 Å². The summed E-state index contributed by atoms with van der Waals surface area (Å²) in [6.07, 6.45) is 4.92. The summed E-state index contributed by atoms with van der Waals surface area (Å²) in [4.78, 5) is 27.8. The number of benzene rings is 2. The Morgan fingerprint density at radius 1 is 1.00 bits per heavy atom. The highest BCUT2D eigenvalue weighted by molar-refractivity contribution is 6.45. The quantitative estimate of drug-likeness (QED) is 0.355. The molecule has 2 aromatic rings. The van der Waals surface area contributed by atoms with Gasteiger partial charge in [0.25, 0.3) is 5.91 Å². The number of likely N-dealkylation sites (N-methyl/N-ethyl adjacent to an activating group) is 1. The van der Waals surface area contributed by atoms with Crippen LogP contribution in [0.25, 0.3) is 0 Å². The maximum absolute atomic E-state index is 12.2. The maximum Gasteiger partial charge on any atom is 0.273 e. The SMILES string of the molecule is C=C(NOCc1ccccc1C(=NOC)C(=O)NC)C(=NOC)c1ccc(OC2CCCC2)cc1. The highest BCUT2D eigenvalue weighted by atomic mass is 16.6. The van der Waals surface area contributed by atoms with Gasteiger partial charge >= 0.3 is 0 Å². The van der Waals surface area contributed by atoms with Crippen LogP contribution in [0.2, 0.25) is 0 Å². The van der Waals surface area contributed by atoms with E-state index in [4.69, 9.17) is 19.2 Å². The molecule has 0 radical (unpaired) electrons. The Labute approximate surface area is 205 Å². The molecule has 1 fully saturated rings. The van der Waals surface area contributed by atoms with Gasteiger partial charge in [-0.05, 0) is 55.5 Å². The van der Waals surface area contributed by atoms with Crippen LogP contribution in [-0.2, 0) is 25.9 Å². The second kappa shape index (κ2) is 13.1.